The molecule has 1 aromatic heterocycles. The van der Waals surface area contributed by atoms with Gasteiger partial charge in [0.2, 0.25) is 0 Å². The first kappa shape index (κ1) is 26.9. The van der Waals surface area contributed by atoms with E-state index in [2.05, 4.69) is 29.7 Å². The Morgan fingerprint density at radius 1 is 0.892 bits per heavy atom. The summed E-state index contributed by atoms with van der Waals surface area (Å²) in [4.78, 5) is 27.6. The molecule has 0 fully saturated rings. The van der Waals surface area contributed by atoms with Crippen molar-refractivity contribution in [3.05, 3.63) is 81.7 Å². The Kier molecular flexibility index (Phi) is 10.2. The Morgan fingerprint density at radius 3 is 2.43 bits per heavy atom. The molecule has 4 rings (SSSR count). The van der Waals surface area contributed by atoms with Gasteiger partial charge >= 0.3 is 0 Å². The van der Waals surface area contributed by atoms with Crippen LogP contribution >= 0.6 is 11.3 Å². The molecular weight excluding hydrogens is 480 g/mol. The number of anilines is 1. The molecule has 196 valence electrons. The molecule has 2 aromatic carbocycles. The lowest BCUT2D eigenvalue weighted by Crippen LogP contribution is -2.27. The molecule has 2 N–H and O–H groups in total. The molecule has 0 bridgehead atoms. The summed E-state index contributed by atoms with van der Waals surface area (Å²) in [7, 11) is 0. The van der Waals surface area contributed by atoms with Crippen LogP contribution in [0, 0.1) is 0 Å². The van der Waals surface area contributed by atoms with Gasteiger partial charge in [0.15, 0.2) is 0 Å². The molecule has 3 aromatic rings. The highest BCUT2D eigenvalue weighted by atomic mass is 32.1. The van der Waals surface area contributed by atoms with E-state index in [-0.39, 0.29) is 11.8 Å². The van der Waals surface area contributed by atoms with Crippen molar-refractivity contribution in [1.29, 1.82) is 0 Å². The summed E-state index contributed by atoms with van der Waals surface area (Å²) in [5, 5.41) is 6.78. The van der Waals surface area contributed by atoms with E-state index < -0.39 is 0 Å². The Hall–Kier alpha value is -3.12. The van der Waals surface area contributed by atoms with E-state index in [0.29, 0.717) is 29.3 Å². The number of benzene rings is 2. The van der Waals surface area contributed by atoms with Crippen LogP contribution in [-0.4, -0.2) is 25.0 Å². The molecule has 0 aliphatic heterocycles. The molecule has 0 atom stereocenters. The number of nitrogens with one attached hydrogen (secondary N) is 2. The number of aryl methyl sites for hydroxylation is 1. The maximum absolute atomic E-state index is 13.3. The molecule has 0 radical (unpaired) electrons. The zero-order valence-electron chi connectivity index (χ0n) is 21.8. The monoisotopic (exact) mass is 518 g/mol. The van der Waals surface area contributed by atoms with Gasteiger partial charge in [0.25, 0.3) is 11.8 Å². The number of hydrogen-bond acceptors (Lipinski definition) is 4. The van der Waals surface area contributed by atoms with E-state index in [9.17, 15) is 9.59 Å². The van der Waals surface area contributed by atoms with E-state index in [1.54, 1.807) is 23.5 Å². The first-order chi connectivity index (χ1) is 18.2. The van der Waals surface area contributed by atoms with Gasteiger partial charge in [0, 0.05) is 17.0 Å². The molecule has 0 saturated carbocycles. The van der Waals surface area contributed by atoms with Crippen molar-refractivity contribution >= 4 is 28.2 Å². The van der Waals surface area contributed by atoms with Crippen LogP contribution in [0.4, 0.5) is 5.00 Å². The van der Waals surface area contributed by atoms with Crippen LogP contribution in [0.1, 0.15) is 88.6 Å². The van der Waals surface area contributed by atoms with E-state index in [4.69, 9.17) is 4.74 Å². The predicted octanol–water partition coefficient (Wildman–Crippen LogP) is 7.20. The van der Waals surface area contributed by atoms with Crippen molar-refractivity contribution < 1.29 is 14.3 Å². The number of fused-ring (bicyclic) bond motifs is 1. The van der Waals surface area contributed by atoms with Crippen molar-refractivity contribution in [3.63, 3.8) is 0 Å². The number of carbonyl (C=O) groups is 2. The number of rotatable bonds is 13. The van der Waals surface area contributed by atoms with Gasteiger partial charge in [-0.1, -0.05) is 62.9 Å². The summed E-state index contributed by atoms with van der Waals surface area (Å²) in [6, 6.07) is 17.4. The molecule has 1 heterocycles. The first-order valence-electron chi connectivity index (χ1n) is 13.7. The van der Waals surface area contributed by atoms with Gasteiger partial charge in [-0.05, 0) is 73.9 Å². The highest BCUT2D eigenvalue weighted by Gasteiger charge is 2.26. The van der Waals surface area contributed by atoms with Crippen LogP contribution in [0.25, 0.3) is 0 Å². The Labute approximate surface area is 224 Å². The summed E-state index contributed by atoms with van der Waals surface area (Å²) in [6.07, 6.45) is 10.8. The molecule has 0 saturated heterocycles. The number of thiophene rings is 1. The zero-order chi connectivity index (χ0) is 25.9. The SMILES string of the molecule is CCCCCCCOc1ccc(C(=O)Nc2sc3c(c2C(=O)NCCc2ccccc2)CCCC3)cc1. The molecule has 1 aliphatic rings. The second-order valence-electron chi connectivity index (χ2n) is 9.65. The summed E-state index contributed by atoms with van der Waals surface area (Å²) in [5.41, 5.74) is 3.49. The maximum atomic E-state index is 13.3. The topological polar surface area (TPSA) is 67.4 Å². The Balaban J connectivity index is 1.37. The fourth-order valence-electron chi connectivity index (χ4n) is 4.72. The smallest absolute Gasteiger partial charge is 0.256 e. The molecular formula is C31H38N2O3S. The molecule has 0 unspecified atom stereocenters. The minimum absolute atomic E-state index is 0.103. The normalized spacial score (nSPS) is 12.6. The number of ether oxygens (including phenoxy) is 1. The second kappa shape index (κ2) is 14.0. The van der Waals surface area contributed by atoms with Crippen LogP contribution in [0.3, 0.4) is 0 Å². The third-order valence-electron chi connectivity index (χ3n) is 6.80. The average molecular weight is 519 g/mol. The molecule has 1 aliphatic carbocycles. The van der Waals surface area contributed by atoms with Crippen LogP contribution < -0.4 is 15.4 Å². The van der Waals surface area contributed by atoms with E-state index in [0.717, 1.165) is 49.8 Å². The zero-order valence-corrected chi connectivity index (χ0v) is 22.6. The van der Waals surface area contributed by atoms with Gasteiger partial charge in [-0.15, -0.1) is 11.3 Å². The van der Waals surface area contributed by atoms with Crippen molar-refractivity contribution in [1.82, 2.24) is 5.32 Å². The van der Waals surface area contributed by atoms with Crippen LogP contribution in [0.15, 0.2) is 54.6 Å². The molecule has 5 nitrogen and oxygen atoms in total. The highest BCUT2D eigenvalue weighted by molar-refractivity contribution is 7.17. The third-order valence-corrected chi connectivity index (χ3v) is 8.01. The van der Waals surface area contributed by atoms with E-state index in [1.165, 1.54) is 36.1 Å². The number of hydrogen-bond donors (Lipinski definition) is 2. The minimum atomic E-state index is -0.206. The van der Waals surface area contributed by atoms with Crippen LogP contribution in [-0.2, 0) is 19.3 Å². The molecule has 2 amide bonds. The maximum Gasteiger partial charge on any atom is 0.256 e. The van der Waals surface area contributed by atoms with Gasteiger partial charge in [0.05, 0.1) is 12.2 Å². The van der Waals surface area contributed by atoms with Gasteiger partial charge in [-0.3, -0.25) is 9.59 Å². The van der Waals surface area contributed by atoms with Gasteiger partial charge in [0.1, 0.15) is 10.8 Å². The molecule has 6 heteroatoms. The predicted molar refractivity (Wildman–Crippen MR) is 152 cm³/mol. The number of carbonyl (C=O) groups excluding carboxylic acids is 2. The van der Waals surface area contributed by atoms with Crippen molar-refractivity contribution in [3.8, 4) is 5.75 Å². The average Bonchev–Trinajstić information content (AvgIpc) is 3.29. The quantitative estimate of drug-likeness (QED) is 0.235. The Morgan fingerprint density at radius 2 is 1.65 bits per heavy atom. The summed E-state index contributed by atoms with van der Waals surface area (Å²) >= 11 is 1.55. The van der Waals surface area contributed by atoms with Crippen molar-refractivity contribution in [2.75, 3.05) is 18.5 Å². The largest absolute Gasteiger partial charge is 0.494 e. The highest BCUT2D eigenvalue weighted by Crippen LogP contribution is 2.38. The summed E-state index contributed by atoms with van der Waals surface area (Å²) in [5.74, 6) is 0.466. The summed E-state index contributed by atoms with van der Waals surface area (Å²) in [6.45, 7) is 3.46. The fourth-order valence-corrected chi connectivity index (χ4v) is 6.00. The van der Waals surface area contributed by atoms with Gasteiger partial charge in [-0.2, -0.15) is 0 Å². The number of amides is 2. The Bertz CT molecular complexity index is 1160. The standard InChI is InChI=1S/C31H38N2O3S/c1-2-3-4-5-11-22-36-25-18-16-24(17-19-25)29(34)33-31-28(26-14-9-10-15-27(26)37-31)30(35)32-21-20-23-12-7-6-8-13-23/h6-8,12-13,16-19H,2-5,9-11,14-15,20-22H2,1H3,(H,32,35)(H,33,34). The molecule has 0 spiro atoms. The van der Waals surface area contributed by atoms with Crippen LogP contribution in [0.2, 0.25) is 0 Å². The lowest BCUT2D eigenvalue weighted by molar-refractivity contribution is 0.0954. The van der Waals surface area contributed by atoms with E-state index >= 15 is 0 Å². The van der Waals surface area contributed by atoms with Gasteiger partial charge < -0.3 is 15.4 Å². The first-order valence-corrected chi connectivity index (χ1v) is 14.5. The second-order valence-corrected chi connectivity index (χ2v) is 10.8. The lowest BCUT2D eigenvalue weighted by Gasteiger charge is -2.13. The summed E-state index contributed by atoms with van der Waals surface area (Å²) < 4.78 is 5.83. The fraction of sp³-hybridized carbons (Fsp3) is 0.419. The third kappa shape index (κ3) is 7.68. The van der Waals surface area contributed by atoms with E-state index in [1.807, 2.05) is 30.3 Å². The van der Waals surface area contributed by atoms with Crippen molar-refractivity contribution in [2.45, 2.75) is 71.1 Å². The lowest BCUT2D eigenvalue weighted by atomic mass is 9.95. The number of unbranched alkanes of at least 4 members (excludes halogenated alkanes) is 4. The van der Waals surface area contributed by atoms with Crippen LogP contribution in [0.5, 0.6) is 5.75 Å². The van der Waals surface area contributed by atoms with Gasteiger partial charge in [-0.25, -0.2) is 0 Å². The molecule has 37 heavy (non-hydrogen) atoms. The van der Waals surface area contributed by atoms with Crippen molar-refractivity contribution in [2.24, 2.45) is 0 Å². The minimum Gasteiger partial charge on any atom is -0.494 e.